The molecular weight excluding hydrogens is 308 g/mol. The molecule has 0 aliphatic heterocycles. The molecule has 1 aromatic carbocycles. The van der Waals surface area contributed by atoms with Crippen LogP contribution in [0.4, 0.5) is 0 Å². The molecule has 0 saturated heterocycles. The molecule has 1 aliphatic rings. The maximum atomic E-state index is 12.5. The fraction of sp³-hybridized carbons (Fsp3) is 0.600. The van der Waals surface area contributed by atoms with E-state index in [1.165, 1.54) is 0 Å². The molecule has 1 aliphatic carbocycles. The molecule has 0 heterocycles. The van der Waals surface area contributed by atoms with Crippen LogP contribution in [0.5, 0.6) is 0 Å². The van der Waals surface area contributed by atoms with Gasteiger partial charge >= 0.3 is 0 Å². The van der Waals surface area contributed by atoms with E-state index < -0.39 is 10.0 Å². The van der Waals surface area contributed by atoms with Crippen LogP contribution in [0, 0.1) is 0 Å². The van der Waals surface area contributed by atoms with E-state index in [2.05, 4.69) is 10.0 Å². The second kappa shape index (κ2) is 6.24. The van der Waals surface area contributed by atoms with E-state index in [-0.39, 0.29) is 15.5 Å². The summed E-state index contributed by atoms with van der Waals surface area (Å²) in [5.41, 5.74) is 0.584. The molecule has 118 valence electrons. The third kappa shape index (κ3) is 4.19. The summed E-state index contributed by atoms with van der Waals surface area (Å²) in [5, 5.41) is 3.53. The van der Waals surface area contributed by atoms with Gasteiger partial charge in [-0.25, -0.2) is 13.1 Å². The van der Waals surface area contributed by atoms with Crippen molar-refractivity contribution in [3.05, 3.63) is 28.8 Å². The van der Waals surface area contributed by atoms with Crippen LogP contribution in [0.25, 0.3) is 0 Å². The van der Waals surface area contributed by atoms with Gasteiger partial charge in [0.2, 0.25) is 10.0 Å². The van der Waals surface area contributed by atoms with Crippen molar-refractivity contribution in [1.29, 1.82) is 0 Å². The highest BCUT2D eigenvalue weighted by Gasteiger charge is 2.36. The van der Waals surface area contributed by atoms with Crippen LogP contribution in [0.15, 0.2) is 23.1 Å². The number of benzene rings is 1. The third-order valence-corrected chi connectivity index (χ3v) is 5.96. The number of rotatable bonds is 6. The monoisotopic (exact) mass is 330 g/mol. The van der Waals surface area contributed by atoms with Gasteiger partial charge in [0.15, 0.2) is 0 Å². The lowest BCUT2D eigenvalue weighted by atomic mass is 9.80. The summed E-state index contributed by atoms with van der Waals surface area (Å²) in [5.74, 6) is 0. The summed E-state index contributed by atoms with van der Waals surface area (Å²) in [7, 11) is -3.58. The van der Waals surface area contributed by atoms with E-state index >= 15 is 0 Å². The van der Waals surface area contributed by atoms with E-state index in [1.54, 1.807) is 12.1 Å². The molecule has 1 saturated carbocycles. The van der Waals surface area contributed by atoms with Crippen LogP contribution in [0.2, 0.25) is 5.02 Å². The van der Waals surface area contributed by atoms with Crippen molar-refractivity contribution >= 4 is 21.6 Å². The van der Waals surface area contributed by atoms with Crippen LogP contribution in [0.1, 0.15) is 45.6 Å². The molecule has 1 fully saturated rings. The molecule has 4 nitrogen and oxygen atoms in total. The van der Waals surface area contributed by atoms with Gasteiger partial charge in [-0.2, -0.15) is 0 Å². The quantitative estimate of drug-likeness (QED) is 0.842. The third-order valence-electron chi connectivity index (χ3n) is 3.84. The normalized spacial score (nSPS) is 17.8. The van der Waals surface area contributed by atoms with Crippen molar-refractivity contribution in [2.45, 2.75) is 63.1 Å². The van der Waals surface area contributed by atoms with Crippen molar-refractivity contribution in [2.75, 3.05) is 0 Å². The SMILES string of the molecule is CC(C)NCc1ccc(Cl)c(S(=O)(=O)NC2(C)CCC2)c1. The molecule has 2 N–H and O–H groups in total. The van der Waals surface area contributed by atoms with Crippen LogP contribution in [-0.2, 0) is 16.6 Å². The van der Waals surface area contributed by atoms with Gasteiger partial charge in [0.1, 0.15) is 4.90 Å². The van der Waals surface area contributed by atoms with Gasteiger partial charge in [-0.05, 0) is 43.9 Å². The summed E-state index contributed by atoms with van der Waals surface area (Å²) in [6.07, 6.45) is 2.81. The number of hydrogen-bond donors (Lipinski definition) is 2. The Morgan fingerprint density at radius 2 is 2.00 bits per heavy atom. The molecule has 0 aromatic heterocycles. The zero-order chi connectivity index (χ0) is 15.7. The Balaban J connectivity index is 2.22. The Bertz CT molecular complexity index is 610. The Hall–Kier alpha value is -0.620. The average Bonchev–Trinajstić information content (AvgIpc) is 2.35. The van der Waals surface area contributed by atoms with E-state index in [4.69, 9.17) is 11.6 Å². The van der Waals surface area contributed by atoms with Crippen molar-refractivity contribution in [2.24, 2.45) is 0 Å². The lowest BCUT2D eigenvalue weighted by Gasteiger charge is -2.38. The highest BCUT2D eigenvalue weighted by atomic mass is 35.5. The molecule has 0 amide bonds. The first-order chi connectivity index (χ1) is 9.72. The summed E-state index contributed by atoms with van der Waals surface area (Å²) in [4.78, 5) is 0.167. The summed E-state index contributed by atoms with van der Waals surface area (Å²) in [6.45, 7) is 6.65. The van der Waals surface area contributed by atoms with E-state index in [1.807, 2.05) is 26.8 Å². The first-order valence-corrected chi connectivity index (χ1v) is 9.14. The summed E-state index contributed by atoms with van der Waals surface area (Å²) < 4.78 is 27.9. The first kappa shape index (κ1) is 16.7. The van der Waals surface area contributed by atoms with Crippen molar-refractivity contribution in [3.63, 3.8) is 0 Å². The minimum absolute atomic E-state index is 0.167. The van der Waals surface area contributed by atoms with Crippen LogP contribution >= 0.6 is 11.6 Å². The van der Waals surface area contributed by atoms with Crippen molar-refractivity contribution in [1.82, 2.24) is 10.0 Å². The molecule has 2 rings (SSSR count). The fourth-order valence-electron chi connectivity index (χ4n) is 2.37. The highest BCUT2D eigenvalue weighted by Crippen LogP contribution is 2.33. The molecule has 1 aromatic rings. The molecule has 0 radical (unpaired) electrons. The first-order valence-electron chi connectivity index (χ1n) is 7.28. The van der Waals surface area contributed by atoms with Crippen LogP contribution in [-0.4, -0.2) is 20.0 Å². The van der Waals surface area contributed by atoms with Gasteiger partial charge in [0.05, 0.1) is 5.02 Å². The predicted octanol–water partition coefficient (Wildman–Crippen LogP) is 3.06. The molecule has 0 atom stereocenters. The number of halogens is 1. The van der Waals surface area contributed by atoms with Gasteiger partial charge in [0, 0.05) is 18.1 Å². The highest BCUT2D eigenvalue weighted by molar-refractivity contribution is 7.89. The minimum atomic E-state index is -3.58. The maximum Gasteiger partial charge on any atom is 0.242 e. The van der Waals surface area contributed by atoms with E-state index in [9.17, 15) is 8.42 Å². The minimum Gasteiger partial charge on any atom is -0.310 e. The second-order valence-electron chi connectivity index (χ2n) is 6.32. The van der Waals surface area contributed by atoms with E-state index in [0.717, 1.165) is 24.8 Å². The molecular formula is C15H23ClN2O2S. The van der Waals surface area contributed by atoms with Gasteiger partial charge in [-0.15, -0.1) is 0 Å². The predicted molar refractivity (Wildman–Crippen MR) is 86.0 cm³/mol. The Morgan fingerprint density at radius 1 is 1.33 bits per heavy atom. The van der Waals surface area contributed by atoms with Gasteiger partial charge in [-0.3, -0.25) is 0 Å². The van der Waals surface area contributed by atoms with E-state index in [0.29, 0.717) is 12.6 Å². The Morgan fingerprint density at radius 3 is 2.52 bits per heavy atom. The molecule has 0 bridgehead atoms. The summed E-state index contributed by atoms with van der Waals surface area (Å²) in [6, 6.07) is 5.49. The van der Waals surface area contributed by atoms with Gasteiger partial charge in [-0.1, -0.05) is 31.5 Å². The zero-order valence-corrected chi connectivity index (χ0v) is 14.3. The van der Waals surface area contributed by atoms with Crippen LogP contribution in [0.3, 0.4) is 0 Å². The lowest BCUT2D eigenvalue weighted by Crippen LogP contribution is -2.50. The molecule has 6 heteroatoms. The van der Waals surface area contributed by atoms with Gasteiger partial charge < -0.3 is 5.32 Å². The second-order valence-corrected chi connectivity index (χ2v) is 8.38. The number of hydrogen-bond acceptors (Lipinski definition) is 3. The van der Waals surface area contributed by atoms with Gasteiger partial charge in [0.25, 0.3) is 0 Å². The number of nitrogens with one attached hydrogen (secondary N) is 2. The largest absolute Gasteiger partial charge is 0.310 e. The fourth-order valence-corrected chi connectivity index (χ4v) is 4.39. The van der Waals surface area contributed by atoms with Crippen LogP contribution < -0.4 is 10.0 Å². The molecule has 0 unspecified atom stereocenters. The Kier molecular flexibility index (Phi) is 4.98. The topological polar surface area (TPSA) is 58.2 Å². The smallest absolute Gasteiger partial charge is 0.242 e. The summed E-state index contributed by atoms with van der Waals surface area (Å²) >= 11 is 6.09. The van der Waals surface area contributed by atoms with Crippen molar-refractivity contribution < 1.29 is 8.42 Å². The molecule has 21 heavy (non-hydrogen) atoms. The standard InChI is InChI=1S/C15H23ClN2O2S/c1-11(2)17-10-12-5-6-13(16)14(9-12)21(19,20)18-15(3)7-4-8-15/h5-6,9,11,17-18H,4,7-8,10H2,1-3H3. The zero-order valence-electron chi connectivity index (χ0n) is 12.7. The van der Waals surface area contributed by atoms with Crippen molar-refractivity contribution in [3.8, 4) is 0 Å². The average molecular weight is 331 g/mol. The lowest BCUT2D eigenvalue weighted by molar-refractivity contribution is 0.248. The Labute approximate surface area is 132 Å². The molecule has 0 spiro atoms. The number of sulfonamides is 1. The maximum absolute atomic E-state index is 12.5.